The number of hydrogen-bond acceptors (Lipinski definition) is 5. The number of hydrazone groups is 1. The second-order valence-corrected chi connectivity index (χ2v) is 5.54. The smallest absolute Gasteiger partial charge is 0.335 e. The largest absolute Gasteiger partial charge is 0.455 e. The molecule has 8 nitrogen and oxygen atoms in total. The molecule has 3 aromatic rings. The van der Waals surface area contributed by atoms with Crippen molar-refractivity contribution < 1.29 is 14.1 Å². The van der Waals surface area contributed by atoms with Gasteiger partial charge in [0, 0.05) is 24.2 Å². The Morgan fingerprint density at radius 2 is 1.81 bits per heavy atom. The number of carbonyl (C=O) groups is 1. The predicted molar refractivity (Wildman–Crippen MR) is 100 cm³/mol. The lowest BCUT2D eigenvalue weighted by molar-refractivity contribution is -0.384. The Morgan fingerprint density at radius 1 is 1.07 bits per heavy atom. The summed E-state index contributed by atoms with van der Waals surface area (Å²) in [6.45, 7) is 0.396. The second-order valence-electron chi connectivity index (χ2n) is 5.54. The number of nitrogens with zero attached hydrogens (tertiary/aromatic N) is 2. The van der Waals surface area contributed by atoms with E-state index in [0.717, 1.165) is 5.56 Å². The number of non-ortho nitro benzene ring substituents is 1. The van der Waals surface area contributed by atoms with Crippen LogP contribution in [0.25, 0.3) is 11.3 Å². The van der Waals surface area contributed by atoms with E-state index in [2.05, 4.69) is 15.8 Å². The molecule has 0 spiro atoms. The number of hydrogen-bond donors (Lipinski definition) is 2. The van der Waals surface area contributed by atoms with Gasteiger partial charge in [-0.1, -0.05) is 30.3 Å². The van der Waals surface area contributed by atoms with Crippen molar-refractivity contribution in [2.45, 2.75) is 6.54 Å². The first-order valence-electron chi connectivity index (χ1n) is 8.07. The maximum atomic E-state index is 11.7. The molecule has 8 heteroatoms. The van der Waals surface area contributed by atoms with Crippen LogP contribution in [0.15, 0.2) is 76.2 Å². The number of amides is 2. The minimum absolute atomic E-state index is 0.0119. The second kappa shape index (κ2) is 8.43. The molecule has 0 aliphatic heterocycles. The van der Waals surface area contributed by atoms with Crippen molar-refractivity contribution in [3.8, 4) is 11.3 Å². The van der Waals surface area contributed by atoms with Crippen LogP contribution in [0.2, 0.25) is 0 Å². The molecule has 0 aliphatic carbocycles. The molecule has 2 aromatic carbocycles. The molecular weight excluding hydrogens is 348 g/mol. The van der Waals surface area contributed by atoms with E-state index in [1.165, 1.54) is 18.3 Å². The summed E-state index contributed by atoms with van der Waals surface area (Å²) in [5.41, 5.74) is 4.05. The molecule has 0 fully saturated rings. The van der Waals surface area contributed by atoms with Crippen LogP contribution in [0.3, 0.4) is 0 Å². The highest BCUT2D eigenvalue weighted by Crippen LogP contribution is 2.23. The maximum Gasteiger partial charge on any atom is 0.335 e. The summed E-state index contributed by atoms with van der Waals surface area (Å²) in [5.74, 6) is 0.978. The number of rotatable bonds is 6. The fourth-order valence-corrected chi connectivity index (χ4v) is 2.30. The fraction of sp³-hybridized carbons (Fsp3) is 0.0526. The van der Waals surface area contributed by atoms with Crippen molar-refractivity contribution in [1.29, 1.82) is 0 Å². The SMILES string of the molecule is O=C(NCc1ccccc1)N/N=C/c1ccc(-c2ccc([N+](=O)[O-])cc2)o1. The van der Waals surface area contributed by atoms with Gasteiger partial charge in [-0.3, -0.25) is 10.1 Å². The lowest BCUT2D eigenvalue weighted by Gasteiger charge is -2.03. The van der Waals surface area contributed by atoms with Crippen molar-refractivity contribution in [3.63, 3.8) is 0 Å². The van der Waals surface area contributed by atoms with E-state index in [1.807, 2.05) is 30.3 Å². The van der Waals surface area contributed by atoms with Gasteiger partial charge in [-0.15, -0.1) is 0 Å². The summed E-state index contributed by atoms with van der Waals surface area (Å²) < 4.78 is 5.59. The monoisotopic (exact) mass is 364 g/mol. The van der Waals surface area contributed by atoms with Gasteiger partial charge in [0.1, 0.15) is 11.5 Å². The van der Waals surface area contributed by atoms with Crippen LogP contribution in [0.4, 0.5) is 10.5 Å². The van der Waals surface area contributed by atoms with Crippen molar-refractivity contribution in [2.24, 2.45) is 5.10 Å². The molecule has 0 radical (unpaired) electrons. The topological polar surface area (TPSA) is 110 Å². The number of benzene rings is 2. The fourth-order valence-electron chi connectivity index (χ4n) is 2.30. The van der Waals surface area contributed by atoms with Crippen LogP contribution in [-0.4, -0.2) is 17.2 Å². The van der Waals surface area contributed by atoms with Crippen molar-refractivity contribution in [3.05, 3.63) is 88.2 Å². The summed E-state index contributed by atoms with van der Waals surface area (Å²) in [7, 11) is 0. The van der Waals surface area contributed by atoms with Gasteiger partial charge in [0.2, 0.25) is 0 Å². The van der Waals surface area contributed by atoms with Crippen LogP contribution in [0, 0.1) is 10.1 Å². The molecule has 0 saturated carbocycles. The third-order valence-electron chi connectivity index (χ3n) is 3.64. The third-order valence-corrected chi connectivity index (χ3v) is 3.64. The van der Waals surface area contributed by atoms with Crippen LogP contribution < -0.4 is 10.7 Å². The van der Waals surface area contributed by atoms with E-state index < -0.39 is 11.0 Å². The predicted octanol–water partition coefficient (Wildman–Crippen LogP) is 3.69. The Labute approximate surface area is 154 Å². The van der Waals surface area contributed by atoms with E-state index in [4.69, 9.17) is 4.42 Å². The average Bonchev–Trinajstić information content (AvgIpc) is 3.16. The van der Waals surface area contributed by atoms with Crippen LogP contribution in [0.5, 0.6) is 0 Å². The maximum absolute atomic E-state index is 11.7. The molecule has 0 saturated heterocycles. The summed E-state index contributed by atoms with van der Waals surface area (Å²) in [5, 5.41) is 17.2. The summed E-state index contributed by atoms with van der Waals surface area (Å²) in [6, 6.07) is 18.5. The number of carbonyl (C=O) groups excluding carboxylic acids is 1. The van der Waals surface area contributed by atoms with Gasteiger partial charge < -0.3 is 9.73 Å². The molecule has 2 amide bonds. The van der Waals surface area contributed by atoms with Crippen molar-refractivity contribution >= 4 is 17.9 Å². The lowest BCUT2D eigenvalue weighted by Crippen LogP contribution is -2.31. The highest BCUT2D eigenvalue weighted by molar-refractivity contribution is 5.80. The van der Waals surface area contributed by atoms with Crippen LogP contribution in [0.1, 0.15) is 11.3 Å². The summed E-state index contributed by atoms with van der Waals surface area (Å²) >= 11 is 0. The Balaban J connectivity index is 1.52. The highest BCUT2D eigenvalue weighted by Gasteiger charge is 2.08. The van der Waals surface area contributed by atoms with Gasteiger partial charge in [-0.2, -0.15) is 5.10 Å². The Morgan fingerprint density at radius 3 is 2.52 bits per heavy atom. The Bertz CT molecular complexity index is 949. The first kappa shape index (κ1) is 17.9. The van der Waals surface area contributed by atoms with E-state index in [9.17, 15) is 14.9 Å². The zero-order valence-electron chi connectivity index (χ0n) is 14.2. The van der Waals surface area contributed by atoms with Crippen molar-refractivity contribution in [1.82, 2.24) is 10.7 Å². The summed E-state index contributed by atoms with van der Waals surface area (Å²) in [4.78, 5) is 21.9. The highest BCUT2D eigenvalue weighted by atomic mass is 16.6. The molecule has 27 heavy (non-hydrogen) atoms. The molecule has 3 rings (SSSR count). The lowest BCUT2D eigenvalue weighted by atomic mass is 10.1. The van der Waals surface area contributed by atoms with Gasteiger partial charge in [-0.05, 0) is 29.8 Å². The van der Waals surface area contributed by atoms with Gasteiger partial charge in [-0.25, -0.2) is 10.2 Å². The molecule has 0 aliphatic rings. The normalized spacial score (nSPS) is 10.7. The van der Waals surface area contributed by atoms with Crippen LogP contribution >= 0.6 is 0 Å². The minimum atomic E-state index is -0.460. The molecular formula is C19H16N4O4. The molecule has 136 valence electrons. The minimum Gasteiger partial charge on any atom is -0.455 e. The zero-order chi connectivity index (χ0) is 19.1. The number of nitro groups is 1. The van der Waals surface area contributed by atoms with Gasteiger partial charge >= 0.3 is 6.03 Å². The van der Waals surface area contributed by atoms with E-state index >= 15 is 0 Å². The number of urea groups is 1. The quantitative estimate of drug-likeness (QED) is 0.395. The number of nitrogens with one attached hydrogen (secondary N) is 2. The van der Waals surface area contributed by atoms with Gasteiger partial charge in [0.05, 0.1) is 11.1 Å². The molecule has 2 N–H and O–H groups in total. The molecule has 0 atom stereocenters. The van der Waals surface area contributed by atoms with Crippen molar-refractivity contribution in [2.75, 3.05) is 0 Å². The van der Waals surface area contributed by atoms with E-state index in [-0.39, 0.29) is 5.69 Å². The molecule has 1 aromatic heterocycles. The molecule has 0 bridgehead atoms. The first-order chi connectivity index (χ1) is 13.1. The average molecular weight is 364 g/mol. The van der Waals surface area contributed by atoms with E-state index in [1.54, 1.807) is 24.3 Å². The number of nitro benzene ring substituents is 1. The standard InChI is InChI=1S/C19H16N4O4/c24-19(20-12-14-4-2-1-3-5-14)22-21-13-17-10-11-18(27-17)15-6-8-16(9-7-15)23(25)26/h1-11,13H,12H2,(H2,20,22,24)/b21-13+. The first-order valence-corrected chi connectivity index (χ1v) is 8.07. The van der Waals surface area contributed by atoms with E-state index in [0.29, 0.717) is 23.6 Å². The van der Waals surface area contributed by atoms with Crippen LogP contribution in [-0.2, 0) is 6.54 Å². The number of furan rings is 1. The Hall–Kier alpha value is -3.94. The van der Waals surface area contributed by atoms with Gasteiger partial charge in [0.25, 0.3) is 5.69 Å². The zero-order valence-corrected chi connectivity index (χ0v) is 14.2. The summed E-state index contributed by atoms with van der Waals surface area (Å²) in [6.07, 6.45) is 1.37. The van der Waals surface area contributed by atoms with Gasteiger partial charge in [0.15, 0.2) is 0 Å². The molecule has 1 heterocycles. The third kappa shape index (κ3) is 5.02. The molecule has 0 unspecified atom stereocenters. The Kier molecular flexibility index (Phi) is 5.58.